The van der Waals surface area contributed by atoms with E-state index in [1.165, 1.54) is 0 Å². The quantitative estimate of drug-likeness (QED) is 0.210. The molecule has 0 unspecified atom stereocenters. The predicted molar refractivity (Wildman–Crippen MR) is 130 cm³/mol. The van der Waals surface area contributed by atoms with Crippen LogP contribution in [0.5, 0.6) is 0 Å². The van der Waals surface area contributed by atoms with Crippen molar-refractivity contribution in [3.05, 3.63) is 102 Å². The summed E-state index contributed by atoms with van der Waals surface area (Å²) in [6, 6.07) is 29.5. The maximum atomic E-state index is 6.85. The Kier molecular flexibility index (Phi) is 7.74. The molecule has 2 aromatic carbocycles. The predicted octanol–water partition coefficient (Wildman–Crippen LogP) is 7.27. The number of pyridine rings is 1. The SMILES string of the molecule is CC[Si](CC)(CC)OC(=CC(=Nc1ccccc1)c1ccccn1)c1ccccc1. The third-order valence-electron chi connectivity index (χ3n) is 5.52. The van der Waals surface area contributed by atoms with Gasteiger partial charge < -0.3 is 4.43 Å². The summed E-state index contributed by atoms with van der Waals surface area (Å²) >= 11 is 0. The molecule has 3 aromatic rings. The number of nitrogens with zero attached hydrogens (tertiary/aromatic N) is 2. The molecule has 3 nitrogen and oxygen atoms in total. The van der Waals surface area contributed by atoms with E-state index in [-0.39, 0.29) is 0 Å². The molecule has 154 valence electrons. The van der Waals surface area contributed by atoms with E-state index in [4.69, 9.17) is 9.42 Å². The molecule has 0 aliphatic carbocycles. The summed E-state index contributed by atoms with van der Waals surface area (Å²) in [4.78, 5) is 9.47. The Morgan fingerprint density at radius 2 is 1.43 bits per heavy atom. The van der Waals surface area contributed by atoms with Crippen LogP contribution in [-0.4, -0.2) is 19.0 Å². The van der Waals surface area contributed by atoms with Crippen LogP contribution in [0.3, 0.4) is 0 Å². The molecule has 0 atom stereocenters. The van der Waals surface area contributed by atoms with E-state index in [1.807, 2.05) is 66.7 Å². The molecule has 0 radical (unpaired) electrons. The fourth-order valence-corrected chi connectivity index (χ4v) is 5.99. The van der Waals surface area contributed by atoms with Crippen molar-refractivity contribution in [2.24, 2.45) is 4.99 Å². The maximum absolute atomic E-state index is 6.85. The van der Waals surface area contributed by atoms with Crippen molar-refractivity contribution in [1.29, 1.82) is 0 Å². The lowest BCUT2D eigenvalue weighted by molar-refractivity contribution is 0.491. The van der Waals surface area contributed by atoms with Crippen molar-refractivity contribution in [1.82, 2.24) is 4.98 Å². The van der Waals surface area contributed by atoms with Crippen molar-refractivity contribution >= 4 is 25.5 Å². The zero-order valence-corrected chi connectivity index (χ0v) is 19.1. The van der Waals surface area contributed by atoms with Crippen LogP contribution >= 0.6 is 0 Å². The molecule has 4 heteroatoms. The average molecular weight is 415 g/mol. The lowest BCUT2D eigenvalue weighted by atomic mass is 10.1. The number of allylic oxidation sites excluding steroid dienone is 1. The Labute approximate surface area is 181 Å². The normalized spacial score (nSPS) is 12.6. The number of benzene rings is 2. The highest BCUT2D eigenvalue weighted by molar-refractivity contribution is 6.74. The first-order valence-corrected chi connectivity index (χ1v) is 13.2. The van der Waals surface area contributed by atoms with Gasteiger partial charge in [0.1, 0.15) is 5.76 Å². The summed E-state index contributed by atoms with van der Waals surface area (Å²) in [5.41, 5.74) is 3.59. The second kappa shape index (κ2) is 10.7. The highest BCUT2D eigenvalue weighted by Crippen LogP contribution is 2.30. The molecular weight excluding hydrogens is 384 g/mol. The van der Waals surface area contributed by atoms with Gasteiger partial charge in [0.2, 0.25) is 0 Å². The monoisotopic (exact) mass is 414 g/mol. The van der Waals surface area contributed by atoms with Gasteiger partial charge in [-0.25, -0.2) is 4.99 Å². The summed E-state index contributed by atoms with van der Waals surface area (Å²) in [5, 5.41) is 0. The molecular formula is C26H30N2OSi. The molecule has 0 aliphatic heterocycles. The van der Waals surface area contributed by atoms with Crippen LogP contribution in [0.1, 0.15) is 32.0 Å². The van der Waals surface area contributed by atoms with Gasteiger partial charge >= 0.3 is 0 Å². The molecule has 1 heterocycles. The van der Waals surface area contributed by atoms with E-state index < -0.39 is 8.32 Å². The fraction of sp³-hybridized carbons (Fsp3) is 0.231. The van der Waals surface area contributed by atoms with Gasteiger partial charge in [0, 0.05) is 17.8 Å². The van der Waals surface area contributed by atoms with Gasteiger partial charge in [0.25, 0.3) is 8.32 Å². The number of rotatable bonds is 9. The van der Waals surface area contributed by atoms with Crippen LogP contribution in [0.15, 0.2) is 96.1 Å². The summed E-state index contributed by atoms with van der Waals surface area (Å²) in [6.07, 6.45) is 3.86. The number of hydrogen-bond acceptors (Lipinski definition) is 3. The van der Waals surface area contributed by atoms with Crippen LogP contribution in [0.2, 0.25) is 18.1 Å². The summed E-state index contributed by atoms with van der Waals surface area (Å²) in [6.45, 7) is 6.75. The van der Waals surface area contributed by atoms with Crippen molar-refractivity contribution < 1.29 is 4.43 Å². The van der Waals surface area contributed by atoms with Gasteiger partial charge in [-0.2, -0.15) is 0 Å². The summed E-state index contributed by atoms with van der Waals surface area (Å²) < 4.78 is 6.85. The van der Waals surface area contributed by atoms with Gasteiger partial charge in [-0.1, -0.05) is 75.4 Å². The Morgan fingerprint density at radius 1 is 0.833 bits per heavy atom. The third kappa shape index (κ3) is 5.54. The second-order valence-electron chi connectivity index (χ2n) is 7.27. The standard InChI is InChI=1S/C26H30N2OSi/c1-4-30(5-2,6-3)29-26(22-15-9-7-10-16-22)21-25(24-19-13-14-20-27-24)28-23-17-11-8-12-18-23/h7-21H,4-6H2,1-3H3. The summed E-state index contributed by atoms with van der Waals surface area (Å²) in [5.74, 6) is 0.883. The average Bonchev–Trinajstić information content (AvgIpc) is 2.83. The van der Waals surface area contributed by atoms with Gasteiger partial charge in [-0.3, -0.25) is 4.98 Å². The van der Waals surface area contributed by atoms with Crippen molar-refractivity contribution in [2.45, 2.75) is 38.9 Å². The highest BCUT2D eigenvalue weighted by atomic mass is 28.4. The molecule has 30 heavy (non-hydrogen) atoms. The van der Waals surface area contributed by atoms with E-state index in [1.54, 1.807) is 6.20 Å². The number of aliphatic imine (C=N–C) groups is 1. The largest absolute Gasteiger partial charge is 0.543 e. The van der Waals surface area contributed by atoms with Crippen LogP contribution in [0, 0.1) is 0 Å². The lowest BCUT2D eigenvalue weighted by Gasteiger charge is -2.30. The molecule has 0 spiro atoms. The molecule has 1 aromatic heterocycles. The first-order chi connectivity index (χ1) is 14.7. The number of aromatic nitrogens is 1. The second-order valence-corrected chi connectivity index (χ2v) is 12.0. The van der Waals surface area contributed by atoms with Gasteiger partial charge in [-0.15, -0.1) is 0 Å². The van der Waals surface area contributed by atoms with Crippen molar-refractivity contribution in [2.75, 3.05) is 0 Å². The molecule has 0 bridgehead atoms. The number of para-hydroxylation sites is 1. The summed E-state index contributed by atoms with van der Waals surface area (Å²) in [7, 11) is -1.87. The third-order valence-corrected chi connectivity index (χ3v) is 10.0. The zero-order valence-electron chi connectivity index (χ0n) is 18.1. The zero-order chi connectivity index (χ0) is 21.2. The van der Waals surface area contributed by atoms with E-state index in [0.29, 0.717) is 0 Å². The van der Waals surface area contributed by atoms with Crippen molar-refractivity contribution in [3.63, 3.8) is 0 Å². The minimum absolute atomic E-state index is 0.798. The fourth-order valence-electron chi connectivity index (χ4n) is 3.42. The topological polar surface area (TPSA) is 34.5 Å². The first kappa shape index (κ1) is 21.7. The van der Waals surface area contributed by atoms with E-state index >= 15 is 0 Å². The van der Waals surface area contributed by atoms with Crippen LogP contribution in [0.25, 0.3) is 5.76 Å². The number of hydrogen-bond donors (Lipinski definition) is 0. The van der Waals surface area contributed by atoms with Gasteiger partial charge in [0.15, 0.2) is 0 Å². The molecule has 0 aliphatic rings. The molecule has 0 N–H and O–H groups in total. The molecule has 0 saturated heterocycles. The van der Waals surface area contributed by atoms with Crippen LogP contribution in [-0.2, 0) is 4.43 Å². The van der Waals surface area contributed by atoms with Crippen LogP contribution in [0.4, 0.5) is 5.69 Å². The van der Waals surface area contributed by atoms with E-state index in [2.05, 4.69) is 44.0 Å². The Bertz CT molecular complexity index is 957. The van der Waals surface area contributed by atoms with Crippen LogP contribution < -0.4 is 0 Å². The maximum Gasteiger partial charge on any atom is 0.250 e. The Hall–Kier alpha value is -2.98. The van der Waals surface area contributed by atoms with Crippen molar-refractivity contribution in [3.8, 4) is 0 Å². The Morgan fingerprint density at radius 3 is 2.00 bits per heavy atom. The lowest BCUT2D eigenvalue weighted by Crippen LogP contribution is -2.35. The molecule has 0 amide bonds. The molecule has 3 rings (SSSR count). The smallest absolute Gasteiger partial charge is 0.250 e. The van der Waals surface area contributed by atoms with E-state index in [0.717, 1.165) is 46.5 Å². The molecule has 0 fully saturated rings. The van der Waals surface area contributed by atoms with Gasteiger partial charge in [0.05, 0.1) is 17.1 Å². The minimum atomic E-state index is -1.87. The van der Waals surface area contributed by atoms with Gasteiger partial charge in [-0.05, 0) is 42.4 Å². The Balaban J connectivity index is 2.14. The highest BCUT2D eigenvalue weighted by Gasteiger charge is 2.32. The first-order valence-electron chi connectivity index (χ1n) is 10.7. The van der Waals surface area contributed by atoms with E-state index in [9.17, 15) is 0 Å². The molecule has 0 saturated carbocycles. The minimum Gasteiger partial charge on any atom is -0.543 e.